The monoisotopic (exact) mass is 276 g/mol. The third kappa shape index (κ3) is 2.90. The van der Waals surface area contributed by atoms with Gasteiger partial charge in [-0.2, -0.15) is 0 Å². The van der Waals surface area contributed by atoms with Crippen LogP contribution < -0.4 is 5.32 Å². The highest BCUT2D eigenvalue weighted by Crippen LogP contribution is 2.39. The van der Waals surface area contributed by atoms with E-state index in [9.17, 15) is 0 Å². The minimum Gasteiger partial charge on any atom is -0.383 e. The summed E-state index contributed by atoms with van der Waals surface area (Å²) in [5.41, 5.74) is 2.95. The van der Waals surface area contributed by atoms with Crippen molar-refractivity contribution in [2.75, 3.05) is 27.8 Å². The van der Waals surface area contributed by atoms with E-state index in [0.717, 1.165) is 6.61 Å². The Hall–Kier alpha value is -0.900. The smallest absolute Gasteiger partial charge is 0.0615 e. The molecule has 1 aromatic rings. The van der Waals surface area contributed by atoms with Gasteiger partial charge in [-0.25, -0.2) is 0 Å². The Kier molecular flexibility index (Phi) is 5.19. The van der Waals surface area contributed by atoms with Crippen molar-refractivity contribution < 1.29 is 4.74 Å². The molecule has 4 atom stereocenters. The SMILES string of the molecule is CNC1c2ccccc2C(C)CC1N(C)C(C)COC. The van der Waals surface area contributed by atoms with E-state index in [-0.39, 0.29) is 0 Å². The molecule has 4 unspecified atom stereocenters. The predicted molar refractivity (Wildman–Crippen MR) is 84.2 cm³/mol. The normalized spacial score (nSPS) is 27.4. The van der Waals surface area contributed by atoms with Gasteiger partial charge in [-0.15, -0.1) is 0 Å². The Labute approximate surface area is 123 Å². The second-order valence-corrected chi connectivity index (χ2v) is 6.07. The Morgan fingerprint density at radius 3 is 2.60 bits per heavy atom. The molecule has 0 fully saturated rings. The molecule has 0 radical (unpaired) electrons. The van der Waals surface area contributed by atoms with E-state index in [4.69, 9.17) is 4.74 Å². The standard InChI is InChI=1S/C17H28N2O/c1-12-10-16(19(4)13(2)11-20-5)17(18-3)15-9-7-6-8-14(12)15/h6-9,12-13,16-18H,10-11H2,1-5H3. The van der Waals surface area contributed by atoms with Crippen LogP contribution >= 0.6 is 0 Å². The molecule has 0 saturated carbocycles. The highest BCUT2D eigenvalue weighted by atomic mass is 16.5. The molecule has 20 heavy (non-hydrogen) atoms. The third-order valence-corrected chi connectivity index (χ3v) is 4.78. The number of ether oxygens (including phenoxy) is 1. The van der Waals surface area contributed by atoms with Crippen LogP contribution in [0, 0.1) is 0 Å². The molecule has 0 spiro atoms. The lowest BCUT2D eigenvalue weighted by Gasteiger charge is -2.43. The van der Waals surface area contributed by atoms with Crippen molar-refractivity contribution in [2.45, 2.75) is 44.3 Å². The van der Waals surface area contributed by atoms with Gasteiger partial charge in [0.1, 0.15) is 0 Å². The zero-order valence-electron chi connectivity index (χ0n) is 13.4. The van der Waals surface area contributed by atoms with Crippen LogP contribution in [0.15, 0.2) is 24.3 Å². The third-order valence-electron chi connectivity index (χ3n) is 4.78. The lowest BCUT2D eigenvalue weighted by atomic mass is 9.77. The summed E-state index contributed by atoms with van der Waals surface area (Å²) in [5, 5.41) is 3.53. The highest BCUT2D eigenvalue weighted by Gasteiger charge is 2.35. The second-order valence-electron chi connectivity index (χ2n) is 6.07. The number of nitrogens with zero attached hydrogens (tertiary/aromatic N) is 1. The quantitative estimate of drug-likeness (QED) is 0.895. The minimum absolute atomic E-state index is 0.395. The van der Waals surface area contributed by atoms with Crippen LogP contribution in [0.2, 0.25) is 0 Å². The maximum absolute atomic E-state index is 5.32. The van der Waals surface area contributed by atoms with Crippen molar-refractivity contribution in [3.63, 3.8) is 0 Å². The molecule has 1 N–H and O–H groups in total. The van der Waals surface area contributed by atoms with E-state index in [1.807, 2.05) is 0 Å². The molecule has 1 aliphatic carbocycles. The van der Waals surface area contributed by atoms with Gasteiger partial charge in [0, 0.05) is 25.2 Å². The molecular formula is C17H28N2O. The van der Waals surface area contributed by atoms with Gasteiger partial charge in [0.05, 0.1) is 6.61 Å². The van der Waals surface area contributed by atoms with E-state index in [2.05, 4.69) is 62.4 Å². The first kappa shape index (κ1) is 15.5. The number of benzene rings is 1. The van der Waals surface area contributed by atoms with Gasteiger partial charge in [0.2, 0.25) is 0 Å². The number of nitrogens with one attached hydrogen (secondary N) is 1. The average molecular weight is 276 g/mol. The zero-order valence-corrected chi connectivity index (χ0v) is 13.4. The maximum Gasteiger partial charge on any atom is 0.0615 e. The van der Waals surface area contributed by atoms with Gasteiger partial charge >= 0.3 is 0 Å². The molecule has 2 rings (SSSR count). The molecule has 112 valence electrons. The van der Waals surface area contributed by atoms with E-state index < -0.39 is 0 Å². The molecule has 0 heterocycles. The topological polar surface area (TPSA) is 24.5 Å². The van der Waals surface area contributed by atoms with Gasteiger partial charge in [-0.3, -0.25) is 4.90 Å². The van der Waals surface area contributed by atoms with Gasteiger partial charge in [-0.05, 0) is 44.5 Å². The number of likely N-dealkylation sites (N-methyl/N-ethyl adjacent to an activating group) is 2. The number of rotatable bonds is 5. The fourth-order valence-corrected chi connectivity index (χ4v) is 3.51. The summed E-state index contributed by atoms with van der Waals surface area (Å²) < 4.78 is 5.32. The first-order chi connectivity index (χ1) is 9.60. The molecule has 0 amide bonds. The Bertz CT molecular complexity index is 435. The number of methoxy groups -OCH3 is 1. The van der Waals surface area contributed by atoms with Crippen LogP contribution in [0.3, 0.4) is 0 Å². The van der Waals surface area contributed by atoms with Crippen molar-refractivity contribution in [3.8, 4) is 0 Å². The van der Waals surface area contributed by atoms with Crippen molar-refractivity contribution in [1.82, 2.24) is 10.2 Å². The number of hydrogen-bond acceptors (Lipinski definition) is 3. The van der Waals surface area contributed by atoms with E-state index in [0.29, 0.717) is 24.0 Å². The fourth-order valence-electron chi connectivity index (χ4n) is 3.51. The second kappa shape index (κ2) is 6.70. The summed E-state index contributed by atoms with van der Waals surface area (Å²) in [7, 11) is 6.07. The molecule has 1 aliphatic rings. The van der Waals surface area contributed by atoms with Gasteiger partial charge in [-0.1, -0.05) is 31.2 Å². The first-order valence-corrected chi connectivity index (χ1v) is 7.57. The Morgan fingerprint density at radius 1 is 1.35 bits per heavy atom. The highest BCUT2D eigenvalue weighted by molar-refractivity contribution is 5.36. The maximum atomic E-state index is 5.32. The minimum atomic E-state index is 0.395. The van der Waals surface area contributed by atoms with Crippen molar-refractivity contribution in [2.24, 2.45) is 0 Å². The number of hydrogen-bond donors (Lipinski definition) is 1. The Morgan fingerprint density at radius 2 is 2.00 bits per heavy atom. The summed E-state index contributed by atoms with van der Waals surface area (Å²) >= 11 is 0. The zero-order chi connectivity index (χ0) is 14.7. The van der Waals surface area contributed by atoms with Crippen LogP contribution in [0.1, 0.15) is 43.4 Å². The Balaban J connectivity index is 2.27. The van der Waals surface area contributed by atoms with E-state index in [1.54, 1.807) is 7.11 Å². The van der Waals surface area contributed by atoms with Crippen molar-refractivity contribution in [1.29, 1.82) is 0 Å². The number of fused-ring (bicyclic) bond motifs is 1. The van der Waals surface area contributed by atoms with Crippen molar-refractivity contribution in [3.05, 3.63) is 35.4 Å². The largest absolute Gasteiger partial charge is 0.383 e. The summed E-state index contributed by atoms with van der Waals surface area (Å²) in [5.74, 6) is 0.609. The molecular weight excluding hydrogens is 248 g/mol. The van der Waals surface area contributed by atoms with Gasteiger partial charge in [0.25, 0.3) is 0 Å². The van der Waals surface area contributed by atoms with Gasteiger partial charge < -0.3 is 10.1 Å². The molecule has 0 aliphatic heterocycles. The summed E-state index contributed by atoms with van der Waals surface area (Å²) in [6.45, 7) is 5.35. The lowest BCUT2D eigenvalue weighted by Crippen LogP contribution is -2.49. The molecule has 1 aromatic carbocycles. The molecule has 3 nitrogen and oxygen atoms in total. The lowest BCUT2D eigenvalue weighted by molar-refractivity contribution is 0.0665. The molecule has 0 bridgehead atoms. The van der Waals surface area contributed by atoms with E-state index >= 15 is 0 Å². The summed E-state index contributed by atoms with van der Waals surface area (Å²) in [6.07, 6.45) is 1.19. The summed E-state index contributed by atoms with van der Waals surface area (Å²) in [4.78, 5) is 2.47. The van der Waals surface area contributed by atoms with E-state index in [1.165, 1.54) is 17.5 Å². The van der Waals surface area contributed by atoms with Crippen LogP contribution in [-0.2, 0) is 4.74 Å². The van der Waals surface area contributed by atoms with Gasteiger partial charge in [0.15, 0.2) is 0 Å². The van der Waals surface area contributed by atoms with Crippen LogP contribution in [-0.4, -0.2) is 44.8 Å². The fraction of sp³-hybridized carbons (Fsp3) is 0.647. The van der Waals surface area contributed by atoms with Crippen molar-refractivity contribution >= 4 is 0 Å². The molecule has 0 saturated heterocycles. The molecule has 3 heteroatoms. The predicted octanol–water partition coefficient (Wildman–Crippen LogP) is 2.79. The molecule has 0 aromatic heterocycles. The van der Waals surface area contributed by atoms with Crippen LogP contribution in [0.5, 0.6) is 0 Å². The average Bonchev–Trinajstić information content (AvgIpc) is 2.46. The first-order valence-electron chi connectivity index (χ1n) is 7.57. The summed E-state index contributed by atoms with van der Waals surface area (Å²) in [6, 6.07) is 10.2. The van der Waals surface area contributed by atoms with Crippen LogP contribution in [0.25, 0.3) is 0 Å². The van der Waals surface area contributed by atoms with Crippen LogP contribution in [0.4, 0.5) is 0 Å².